The van der Waals surface area contributed by atoms with Crippen molar-refractivity contribution < 1.29 is 8.83 Å². The van der Waals surface area contributed by atoms with Crippen LogP contribution in [0.1, 0.15) is 0 Å². The van der Waals surface area contributed by atoms with E-state index in [1.54, 1.807) is 0 Å². The molecule has 0 bridgehead atoms. The van der Waals surface area contributed by atoms with Gasteiger partial charge in [-0.15, -0.1) is 0 Å². The molecule has 0 aliphatic carbocycles. The fourth-order valence-electron chi connectivity index (χ4n) is 9.21. The lowest BCUT2D eigenvalue weighted by Crippen LogP contribution is -1.93. The third-order valence-electron chi connectivity index (χ3n) is 11.7. The van der Waals surface area contributed by atoms with E-state index in [4.69, 9.17) is 8.83 Å². The van der Waals surface area contributed by atoms with Gasteiger partial charge in [0, 0.05) is 27.1 Å². The quantitative estimate of drug-likeness (QED) is 0.134. The number of furan rings is 2. The van der Waals surface area contributed by atoms with Crippen LogP contribution in [0.5, 0.6) is 0 Å². The Morgan fingerprint density at radius 1 is 0.286 bits per heavy atom. The van der Waals surface area contributed by atoms with E-state index in [1.807, 2.05) is 12.3 Å². The van der Waals surface area contributed by atoms with Gasteiger partial charge in [0.2, 0.25) is 0 Å². The Balaban J connectivity index is 1.15. The van der Waals surface area contributed by atoms with Gasteiger partial charge < -0.3 is 8.83 Å². The maximum absolute atomic E-state index is 6.55. The predicted octanol–water partition coefficient (Wildman–Crippen LogP) is 15.6. The average Bonchev–Trinajstić information content (AvgIpc) is 3.87. The van der Waals surface area contributed by atoms with Gasteiger partial charge in [-0.3, -0.25) is 0 Å². The second-order valence-corrected chi connectivity index (χ2v) is 14.8. The van der Waals surface area contributed by atoms with Crippen molar-refractivity contribution in [2.24, 2.45) is 0 Å². The molecule has 0 saturated carbocycles. The lowest BCUT2D eigenvalue weighted by atomic mass is 9.83. The molecule has 0 radical (unpaired) electrons. The van der Waals surface area contributed by atoms with E-state index in [1.165, 1.54) is 54.4 Å². The maximum Gasteiger partial charge on any atom is 0.142 e. The fourth-order valence-corrected chi connectivity index (χ4v) is 9.21. The molecule has 0 saturated heterocycles. The summed E-state index contributed by atoms with van der Waals surface area (Å²) in [4.78, 5) is 0. The summed E-state index contributed by atoms with van der Waals surface area (Å²) < 4.78 is 12.9. The largest absolute Gasteiger partial charge is 0.463 e. The van der Waals surface area contributed by atoms with Crippen LogP contribution in [-0.4, -0.2) is 0 Å². The summed E-state index contributed by atoms with van der Waals surface area (Å²) in [5.74, 6) is 0. The second-order valence-electron chi connectivity index (χ2n) is 14.8. The van der Waals surface area contributed by atoms with Gasteiger partial charge in [0.15, 0.2) is 0 Å². The minimum atomic E-state index is 0.890. The summed E-state index contributed by atoms with van der Waals surface area (Å²) in [7, 11) is 0. The highest BCUT2D eigenvalue weighted by Gasteiger charge is 2.22. The molecule has 56 heavy (non-hydrogen) atoms. The Morgan fingerprint density at radius 3 is 1.71 bits per heavy atom. The number of fused-ring (bicyclic) bond motifs is 10. The van der Waals surface area contributed by atoms with E-state index in [-0.39, 0.29) is 0 Å². The van der Waals surface area contributed by atoms with Gasteiger partial charge in [0.1, 0.15) is 16.7 Å². The van der Waals surface area contributed by atoms with Crippen LogP contribution >= 0.6 is 0 Å². The van der Waals surface area contributed by atoms with Crippen molar-refractivity contribution >= 4 is 76.0 Å². The molecule has 0 aliphatic rings. The first kappa shape index (κ1) is 31.0. The molecule has 0 spiro atoms. The second kappa shape index (κ2) is 12.0. The fraction of sp³-hybridized carbons (Fsp3) is 0. The topological polar surface area (TPSA) is 26.3 Å². The van der Waals surface area contributed by atoms with Crippen molar-refractivity contribution in [1.82, 2.24) is 0 Å². The van der Waals surface area contributed by atoms with Crippen LogP contribution in [0.15, 0.2) is 203 Å². The van der Waals surface area contributed by atoms with E-state index in [0.717, 1.165) is 66.1 Å². The molecule has 0 amide bonds. The third kappa shape index (κ3) is 4.57. The van der Waals surface area contributed by atoms with Gasteiger partial charge in [-0.05, 0) is 113 Å². The Labute approximate surface area is 322 Å². The summed E-state index contributed by atoms with van der Waals surface area (Å²) in [6.07, 6.45) is 1.96. The van der Waals surface area contributed by atoms with Crippen LogP contribution in [0, 0.1) is 0 Å². The zero-order valence-electron chi connectivity index (χ0n) is 30.3. The molecule has 0 atom stereocenters. The highest BCUT2D eigenvalue weighted by Crippen LogP contribution is 2.48. The number of para-hydroxylation sites is 1. The maximum atomic E-state index is 6.55. The van der Waals surface area contributed by atoms with Crippen molar-refractivity contribution in [2.45, 2.75) is 0 Å². The third-order valence-corrected chi connectivity index (χ3v) is 11.7. The molecule has 0 fully saturated rings. The molecule has 0 N–H and O–H groups in total. The normalized spacial score (nSPS) is 11.9. The van der Waals surface area contributed by atoms with E-state index in [0.29, 0.717) is 0 Å². The zero-order valence-corrected chi connectivity index (χ0v) is 30.3. The Morgan fingerprint density at radius 2 is 0.875 bits per heavy atom. The van der Waals surface area contributed by atoms with Crippen molar-refractivity contribution in [2.75, 3.05) is 0 Å². The molecule has 2 nitrogen and oxygen atoms in total. The van der Waals surface area contributed by atoms with E-state index < -0.39 is 0 Å². The molecule has 260 valence electrons. The average molecular weight is 713 g/mol. The summed E-state index contributed by atoms with van der Waals surface area (Å²) in [5.41, 5.74) is 11.9. The first-order valence-electron chi connectivity index (χ1n) is 19.2. The monoisotopic (exact) mass is 712 g/mol. The molecule has 0 unspecified atom stereocenters. The molecule has 12 aromatic rings. The predicted molar refractivity (Wildman–Crippen MR) is 235 cm³/mol. The van der Waals surface area contributed by atoms with E-state index in [9.17, 15) is 0 Å². The molecule has 2 heterocycles. The summed E-state index contributed by atoms with van der Waals surface area (Å²) in [5, 5.41) is 13.0. The number of rotatable bonds is 4. The van der Waals surface area contributed by atoms with Crippen molar-refractivity contribution in [1.29, 1.82) is 0 Å². The van der Waals surface area contributed by atoms with Gasteiger partial charge >= 0.3 is 0 Å². The molecule has 12 rings (SSSR count). The van der Waals surface area contributed by atoms with Gasteiger partial charge in [0.25, 0.3) is 0 Å². The first-order chi connectivity index (χ1) is 27.8. The van der Waals surface area contributed by atoms with Gasteiger partial charge in [-0.1, -0.05) is 152 Å². The van der Waals surface area contributed by atoms with Crippen LogP contribution in [-0.2, 0) is 0 Å². The van der Waals surface area contributed by atoms with Gasteiger partial charge in [-0.2, -0.15) is 0 Å². The lowest BCUT2D eigenvalue weighted by molar-refractivity contribution is 0.620. The Hall–Kier alpha value is -7.42. The summed E-state index contributed by atoms with van der Waals surface area (Å²) >= 11 is 0. The molecule has 0 aliphatic heterocycles. The minimum Gasteiger partial charge on any atom is -0.463 e. The van der Waals surface area contributed by atoms with Crippen molar-refractivity contribution in [3.8, 4) is 44.5 Å². The lowest BCUT2D eigenvalue weighted by Gasteiger charge is -2.20. The smallest absolute Gasteiger partial charge is 0.142 e. The molecule has 10 aromatic carbocycles. The molecule has 2 aromatic heterocycles. The van der Waals surface area contributed by atoms with Crippen molar-refractivity contribution in [3.63, 3.8) is 0 Å². The Kier molecular flexibility index (Phi) is 6.66. The summed E-state index contributed by atoms with van der Waals surface area (Å²) in [6.45, 7) is 0. The van der Waals surface area contributed by atoms with E-state index in [2.05, 4.69) is 182 Å². The van der Waals surface area contributed by atoms with Crippen molar-refractivity contribution in [3.05, 3.63) is 194 Å². The molecular formula is C54H32O2. The molecule has 2 heteroatoms. The highest BCUT2D eigenvalue weighted by molar-refractivity contribution is 6.20. The number of benzene rings is 10. The highest BCUT2D eigenvalue weighted by atomic mass is 16.3. The van der Waals surface area contributed by atoms with Gasteiger partial charge in [0.05, 0.1) is 6.26 Å². The molecular weight excluding hydrogens is 681 g/mol. The standard InChI is InChI=1S/C54H32O2/c1-2-14-35-31-48-36(30-34(35)13-1)25-26-44(39-17-6-5-16-38(39)43-21-11-23-51-53(43)47-20-9-10-22-50(47)56-51)52(48)42-19-8-7-18-40(42)49-32-55-54-45-27-24-33-12-3-4-15-37(33)41(45)28-29-46(49)54/h1-32H. The number of hydrogen-bond acceptors (Lipinski definition) is 2. The number of hydrogen-bond donors (Lipinski definition) is 0. The van der Waals surface area contributed by atoms with Crippen LogP contribution in [0.25, 0.3) is 121 Å². The van der Waals surface area contributed by atoms with E-state index >= 15 is 0 Å². The van der Waals surface area contributed by atoms with Gasteiger partial charge in [-0.25, -0.2) is 0 Å². The zero-order chi connectivity index (χ0) is 36.7. The van der Waals surface area contributed by atoms with Crippen LogP contribution in [0.4, 0.5) is 0 Å². The van der Waals surface area contributed by atoms with Crippen LogP contribution in [0.2, 0.25) is 0 Å². The van der Waals surface area contributed by atoms with Crippen LogP contribution in [0.3, 0.4) is 0 Å². The SMILES string of the molecule is c1ccc(-c2cccc3oc4ccccc4c23)c(-c2ccc3cc4ccccc4cc3c2-c2ccccc2-c2coc3c2ccc2c4ccccc4ccc23)c1. The van der Waals surface area contributed by atoms with Crippen LogP contribution < -0.4 is 0 Å². The Bertz CT molecular complexity index is 3540. The first-order valence-corrected chi connectivity index (χ1v) is 19.2. The summed E-state index contributed by atoms with van der Waals surface area (Å²) in [6, 6.07) is 67.9. The minimum absolute atomic E-state index is 0.890.